The Morgan fingerprint density at radius 2 is 1.80 bits per heavy atom. The van der Waals surface area contributed by atoms with E-state index in [1.807, 2.05) is 47.4 Å². The Bertz CT molecular complexity index is 1460. The van der Waals surface area contributed by atoms with Gasteiger partial charge in [-0.3, -0.25) is 9.69 Å². The highest BCUT2D eigenvalue weighted by molar-refractivity contribution is 8.18. The quantitative estimate of drug-likeness (QED) is 0.249. The van der Waals surface area contributed by atoms with Crippen molar-refractivity contribution in [3.05, 3.63) is 91.8 Å². The topological polar surface area (TPSA) is 51.1 Å². The number of carbonyl (C=O) groups excluding carboxylic acids is 1. The van der Waals surface area contributed by atoms with Crippen LogP contribution in [0.5, 0.6) is 11.5 Å². The third-order valence-electron chi connectivity index (χ3n) is 7.15. The predicted octanol–water partition coefficient (Wildman–Crippen LogP) is 9.42. The average Bonchev–Trinajstić information content (AvgIpc) is 3.23. The number of hydrogen-bond donors (Lipinski definition) is 0. The van der Waals surface area contributed by atoms with Crippen LogP contribution in [0.1, 0.15) is 43.7 Å². The Kier molecular flexibility index (Phi) is 9.31. The number of ether oxygens (including phenoxy) is 2. The molecule has 0 radical (unpaired) electrons. The van der Waals surface area contributed by atoms with Crippen molar-refractivity contribution in [3.63, 3.8) is 0 Å². The molecular weight excluding hydrogens is 587 g/mol. The molecule has 0 bridgehead atoms. The lowest BCUT2D eigenvalue weighted by atomic mass is 9.85. The van der Waals surface area contributed by atoms with Crippen LogP contribution < -0.4 is 9.47 Å². The van der Waals surface area contributed by atoms with Crippen molar-refractivity contribution in [2.24, 2.45) is 10.9 Å². The minimum absolute atomic E-state index is 0.0359. The van der Waals surface area contributed by atoms with Gasteiger partial charge in [0.25, 0.3) is 5.91 Å². The molecule has 0 aromatic heterocycles. The summed E-state index contributed by atoms with van der Waals surface area (Å²) < 4.78 is 11.6. The molecule has 5 rings (SSSR count). The molecule has 3 aromatic carbocycles. The molecule has 1 saturated heterocycles. The van der Waals surface area contributed by atoms with Gasteiger partial charge in [0.2, 0.25) is 0 Å². The van der Waals surface area contributed by atoms with Crippen molar-refractivity contribution in [1.82, 2.24) is 4.90 Å². The van der Waals surface area contributed by atoms with E-state index in [0.717, 1.165) is 36.1 Å². The summed E-state index contributed by atoms with van der Waals surface area (Å²) in [5.41, 5.74) is 2.32. The largest absolute Gasteiger partial charge is 0.493 e. The number of hydrogen-bond acceptors (Lipinski definition) is 5. The van der Waals surface area contributed by atoms with Crippen LogP contribution in [0.15, 0.2) is 70.6 Å². The fourth-order valence-electron chi connectivity index (χ4n) is 5.05. The van der Waals surface area contributed by atoms with E-state index >= 15 is 0 Å². The number of carbonyl (C=O) groups is 1. The highest BCUT2D eigenvalue weighted by Gasteiger charge is 2.41. The van der Waals surface area contributed by atoms with Crippen LogP contribution in [0.3, 0.4) is 0 Å². The Labute approximate surface area is 254 Å². The van der Waals surface area contributed by atoms with Gasteiger partial charge in [-0.1, -0.05) is 78.8 Å². The van der Waals surface area contributed by atoms with Crippen LogP contribution in [-0.4, -0.2) is 29.1 Å². The number of nitrogens with zero attached hydrogens (tertiary/aromatic N) is 2. The molecule has 2 atom stereocenters. The SMILES string of the molecule is COc1cc(/C=C2\SC(=Nc3ccccc3)N([C@@H]3CCCC[C@H]3C)C2=O)cc(Cl)c1OCc1ccc(Cl)cc1Cl. The lowest BCUT2D eigenvalue weighted by Gasteiger charge is -2.35. The van der Waals surface area contributed by atoms with Gasteiger partial charge in [0, 0.05) is 21.7 Å². The summed E-state index contributed by atoms with van der Waals surface area (Å²) in [5.74, 6) is 1.22. The minimum Gasteiger partial charge on any atom is -0.493 e. The van der Waals surface area contributed by atoms with Crippen LogP contribution in [0, 0.1) is 5.92 Å². The molecule has 40 heavy (non-hydrogen) atoms. The van der Waals surface area contributed by atoms with Crippen LogP contribution in [0.25, 0.3) is 6.08 Å². The maximum Gasteiger partial charge on any atom is 0.267 e. The summed E-state index contributed by atoms with van der Waals surface area (Å²) in [4.78, 5) is 21.2. The molecule has 1 saturated carbocycles. The van der Waals surface area contributed by atoms with Crippen LogP contribution in [0.2, 0.25) is 15.1 Å². The van der Waals surface area contributed by atoms with Crippen molar-refractivity contribution in [2.75, 3.05) is 7.11 Å². The molecule has 2 fully saturated rings. The van der Waals surface area contributed by atoms with Crippen LogP contribution in [-0.2, 0) is 11.4 Å². The molecule has 0 unspecified atom stereocenters. The number of thioether (sulfide) groups is 1. The summed E-state index contributed by atoms with van der Waals surface area (Å²) in [6.45, 7) is 2.42. The summed E-state index contributed by atoms with van der Waals surface area (Å²) >= 11 is 20.4. The van der Waals surface area contributed by atoms with Gasteiger partial charge >= 0.3 is 0 Å². The Morgan fingerprint density at radius 1 is 1.02 bits per heavy atom. The molecule has 208 valence electrons. The molecule has 0 N–H and O–H groups in total. The molecule has 5 nitrogen and oxygen atoms in total. The minimum atomic E-state index is -0.0359. The smallest absolute Gasteiger partial charge is 0.267 e. The van der Waals surface area contributed by atoms with E-state index in [4.69, 9.17) is 49.3 Å². The monoisotopic (exact) mass is 614 g/mol. The fraction of sp³-hybridized carbons (Fsp3) is 0.290. The van der Waals surface area contributed by atoms with E-state index in [2.05, 4.69) is 6.92 Å². The zero-order chi connectivity index (χ0) is 28.2. The van der Waals surface area contributed by atoms with Gasteiger partial charge in [-0.05, 0) is 78.6 Å². The van der Waals surface area contributed by atoms with Gasteiger partial charge in [-0.25, -0.2) is 4.99 Å². The molecule has 1 aliphatic carbocycles. The van der Waals surface area contributed by atoms with Crippen molar-refractivity contribution < 1.29 is 14.3 Å². The number of halogens is 3. The number of amides is 1. The maximum absolute atomic E-state index is 13.8. The molecule has 1 amide bonds. The number of amidine groups is 1. The third kappa shape index (κ3) is 6.46. The standard InChI is InChI=1S/C31H29Cl3N2O3S/c1-19-8-6-7-11-26(19)36-30(37)28(40-31(36)35-23-9-4-3-5-10-23)16-20-14-25(34)29(27(15-20)38-2)39-18-21-12-13-22(32)17-24(21)33/h3-5,9-10,12-17,19,26H,6-8,11,18H2,1-2H3/b28-16-,35-31?/t19-,26-/m1/s1. The van der Waals surface area contributed by atoms with Gasteiger partial charge in [0.15, 0.2) is 16.7 Å². The fourth-order valence-corrected chi connectivity index (χ4v) is 6.84. The zero-order valence-corrected chi connectivity index (χ0v) is 25.3. The molecular formula is C31H29Cl3N2O3S. The van der Waals surface area contributed by atoms with E-state index in [-0.39, 0.29) is 18.6 Å². The van der Waals surface area contributed by atoms with E-state index in [0.29, 0.717) is 42.6 Å². The number of aliphatic imine (C=N–C) groups is 1. The van der Waals surface area contributed by atoms with Gasteiger partial charge in [0.1, 0.15) is 6.61 Å². The third-order valence-corrected chi connectivity index (χ3v) is 9.00. The summed E-state index contributed by atoms with van der Waals surface area (Å²) in [7, 11) is 1.55. The number of rotatable bonds is 7. The number of para-hydroxylation sites is 1. The lowest BCUT2D eigenvalue weighted by molar-refractivity contribution is -0.124. The second kappa shape index (κ2) is 12.9. The van der Waals surface area contributed by atoms with Gasteiger partial charge < -0.3 is 9.47 Å². The summed E-state index contributed by atoms with van der Waals surface area (Å²) in [6, 6.07) is 18.7. The first-order valence-corrected chi connectivity index (χ1v) is 15.1. The van der Waals surface area contributed by atoms with Crippen molar-refractivity contribution in [2.45, 2.75) is 45.3 Å². The maximum atomic E-state index is 13.8. The normalized spacial score (nSPS) is 21.3. The predicted molar refractivity (Wildman–Crippen MR) is 166 cm³/mol. The van der Waals surface area contributed by atoms with Crippen molar-refractivity contribution in [1.29, 1.82) is 0 Å². The molecule has 1 heterocycles. The zero-order valence-electron chi connectivity index (χ0n) is 22.2. The van der Waals surface area contributed by atoms with E-state index < -0.39 is 0 Å². The molecule has 9 heteroatoms. The van der Waals surface area contributed by atoms with Gasteiger partial charge in [-0.2, -0.15) is 0 Å². The Balaban J connectivity index is 1.44. The molecule has 1 aliphatic heterocycles. The molecule has 2 aliphatic rings. The Morgan fingerprint density at radius 3 is 2.52 bits per heavy atom. The van der Waals surface area contributed by atoms with E-state index in [1.54, 1.807) is 31.4 Å². The first kappa shape index (κ1) is 28.9. The summed E-state index contributed by atoms with van der Waals surface area (Å²) in [5, 5.41) is 2.13. The first-order valence-electron chi connectivity index (χ1n) is 13.1. The molecule has 0 spiro atoms. The van der Waals surface area contributed by atoms with E-state index in [9.17, 15) is 4.79 Å². The number of methoxy groups -OCH3 is 1. The van der Waals surface area contributed by atoms with Crippen molar-refractivity contribution in [3.8, 4) is 11.5 Å². The second-order valence-corrected chi connectivity index (χ2v) is 12.2. The number of benzene rings is 3. The van der Waals surface area contributed by atoms with Crippen molar-refractivity contribution >= 4 is 69.4 Å². The molecule has 3 aromatic rings. The van der Waals surface area contributed by atoms with Crippen LogP contribution in [0.4, 0.5) is 5.69 Å². The van der Waals surface area contributed by atoms with Gasteiger partial charge in [0.05, 0.1) is 22.7 Å². The second-order valence-electron chi connectivity index (χ2n) is 9.90. The summed E-state index contributed by atoms with van der Waals surface area (Å²) in [6.07, 6.45) is 6.22. The van der Waals surface area contributed by atoms with E-state index in [1.165, 1.54) is 18.2 Å². The lowest BCUT2D eigenvalue weighted by Crippen LogP contribution is -2.44. The van der Waals surface area contributed by atoms with Gasteiger partial charge in [-0.15, -0.1) is 0 Å². The highest BCUT2D eigenvalue weighted by Crippen LogP contribution is 2.42. The first-order chi connectivity index (χ1) is 19.3. The van der Waals surface area contributed by atoms with Crippen LogP contribution >= 0.6 is 46.6 Å². The average molecular weight is 616 g/mol. The Hall–Kier alpha value is -2.64. The highest BCUT2D eigenvalue weighted by atomic mass is 35.5.